The SMILES string of the molecule is CCCCOC(=O)[O-].CCCCOC(=O)[O-].[Mg+2]. The van der Waals surface area contributed by atoms with Crippen molar-refractivity contribution < 1.29 is 29.3 Å². The van der Waals surface area contributed by atoms with Gasteiger partial charge in [0.1, 0.15) is 0 Å². The first kappa shape index (κ1) is 21.6. The summed E-state index contributed by atoms with van der Waals surface area (Å²) < 4.78 is 8.18. The second-order valence-corrected chi connectivity index (χ2v) is 2.90. The molecule has 0 radical (unpaired) electrons. The van der Waals surface area contributed by atoms with Crippen molar-refractivity contribution in [3.8, 4) is 0 Å². The van der Waals surface area contributed by atoms with E-state index in [2.05, 4.69) is 9.47 Å². The zero-order valence-corrected chi connectivity index (χ0v) is 11.8. The Bertz CT molecular complexity index is 166. The molecule has 0 aromatic rings. The third-order valence-corrected chi connectivity index (χ3v) is 1.44. The number of hydrogen-bond donors (Lipinski definition) is 0. The zero-order chi connectivity index (χ0) is 12.8. The molecule has 0 bridgehead atoms. The minimum Gasteiger partial charge on any atom is -0.550 e. The molecule has 0 aromatic heterocycles. The quantitative estimate of drug-likeness (QED) is 0.375. The van der Waals surface area contributed by atoms with Crippen molar-refractivity contribution in [3.05, 3.63) is 0 Å². The van der Waals surface area contributed by atoms with Gasteiger partial charge in [0.15, 0.2) is 0 Å². The molecule has 0 unspecified atom stereocenters. The van der Waals surface area contributed by atoms with Gasteiger partial charge in [0.25, 0.3) is 12.3 Å². The number of ether oxygens (including phenoxy) is 2. The van der Waals surface area contributed by atoms with Gasteiger partial charge in [-0.15, -0.1) is 0 Å². The average molecular weight is 259 g/mol. The van der Waals surface area contributed by atoms with Crippen LogP contribution in [0.4, 0.5) is 9.59 Å². The Balaban J connectivity index is -0.000000218. The third kappa shape index (κ3) is 31.3. The fourth-order valence-electron chi connectivity index (χ4n) is 0.600. The van der Waals surface area contributed by atoms with Crippen LogP contribution in [0.25, 0.3) is 0 Å². The average Bonchev–Trinajstić information content (AvgIpc) is 2.18. The summed E-state index contributed by atoms with van der Waals surface area (Å²) in [6, 6.07) is 0. The molecular weight excluding hydrogens is 240 g/mol. The van der Waals surface area contributed by atoms with E-state index in [1.807, 2.05) is 13.8 Å². The van der Waals surface area contributed by atoms with Crippen molar-refractivity contribution in [2.75, 3.05) is 13.2 Å². The number of hydrogen-bond acceptors (Lipinski definition) is 6. The van der Waals surface area contributed by atoms with Crippen molar-refractivity contribution >= 4 is 35.4 Å². The molecule has 17 heavy (non-hydrogen) atoms. The Morgan fingerprint density at radius 1 is 0.882 bits per heavy atom. The van der Waals surface area contributed by atoms with Gasteiger partial charge in [0.2, 0.25) is 0 Å². The number of unbranched alkanes of at least 4 members (excludes halogenated alkanes) is 2. The zero-order valence-electron chi connectivity index (χ0n) is 10.4. The molecule has 0 saturated heterocycles. The van der Waals surface area contributed by atoms with Crippen molar-refractivity contribution in [2.45, 2.75) is 39.5 Å². The van der Waals surface area contributed by atoms with Gasteiger partial charge in [-0.3, -0.25) is 0 Å². The Morgan fingerprint density at radius 2 is 1.18 bits per heavy atom. The summed E-state index contributed by atoms with van der Waals surface area (Å²) >= 11 is 0. The third-order valence-electron chi connectivity index (χ3n) is 1.44. The van der Waals surface area contributed by atoms with Crippen LogP contribution in [0.15, 0.2) is 0 Å². The van der Waals surface area contributed by atoms with Crippen LogP contribution in [0.1, 0.15) is 39.5 Å². The van der Waals surface area contributed by atoms with Gasteiger partial charge in [-0.25, -0.2) is 0 Å². The minimum absolute atomic E-state index is 0. The van der Waals surface area contributed by atoms with E-state index in [-0.39, 0.29) is 36.3 Å². The van der Waals surface area contributed by atoms with Gasteiger partial charge in [-0.1, -0.05) is 26.7 Å². The van der Waals surface area contributed by atoms with Crippen LogP contribution < -0.4 is 10.2 Å². The maximum Gasteiger partial charge on any atom is 2.00 e. The summed E-state index contributed by atoms with van der Waals surface area (Å²) in [5.41, 5.74) is 0. The van der Waals surface area contributed by atoms with Crippen molar-refractivity contribution in [1.29, 1.82) is 0 Å². The van der Waals surface area contributed by atoms with Crippen LogP contribution in [-0.4, -0.2) is 48.6 Å². The fraction of sp³-hybridized carbons (Fsp3) is 0.800. The molecule has 0 aromatic carbocycles. The van der Waals surface area contributed by atoms with E-state index in [0.29, 0.717) is 0 Å². The van der Waals surface area contributed by atoms with Crippen LogP contribution in [0.2, 0.25) is 0 Å². The normalized spacial score (nSPS) is 8.12. The summed E-state index contributed by atoms with van der Waals surface area (Å²) in [5, 5.41) is 19.1. The van der Waals surface area contributed by atoms with Gasteiger partial charge >= 0.3 is 23.1 Å². The van der Waals surface area contributed by atoms with E-state index < -0.39 is 12.3 Å². The monoisotopic (exact) mass is 258 g/mol. The van der Waals surface area contributed by atoms with Gasteiger partial charge < -0.3 is 29.3 Å². The number of carbonyl (C=O) groups is 2. The molecule has 0 spiro atoms. The molecule has 0 atom stereocenters. The molecule has 96 valence electrons. The van der Waals surface area contributed by atoms with Crippen LogP contribution in [0, 0.1) is 0 Å². The van der Waals surface area contributed by atoms with E-state index in [4.69, 9.17) is 0 Å². The van der Waals surface area contributed by atoms with E-state index in [1.54, 1.807) is 0 Å². The first-order valence-corrected chi connectivity index (χ1v) is 5.22. The topological polar surface area (TPSA) is 98.7 Å². The Morgan fingerprint density at radius 3 is 1.35 bits per heavy atom. The summed E-state index contributed by atoms with van der Waals surface area (Å²) in [6.45, 7) is 4.44. The Hall–Kier alpha value is -0.694. The van der Waals surface area contributed by atoms with Crippen molar-refractivity contribution in [3.63, 3.8) is 0 Å². The van der Waals surface area contributed by atoms with Crippen LogP contribution >= 0.6 is 0 Å². The first-order valence-electron chi connectivity index (χ1n) is 5.22. The summed E-state index contributed by atoms with van der Waals surface area (Å²) in [5.74, 6) is 0. The minimum atomic E-state index is -1.43. The first-order chi connectivity index (χ1) is 7.54. The van der Waals surface area contributed by atoms with Gasteiger partial charge in [-0.2, -0.15) is 0 Å². The molecule has 0 heterocycles. The number of carbonyl (C=O) groups excluding carboxylic acids is 2. The summed E-state index contributed by atoms with van der Waals surface area (Å²) in [7, 11) is 0. The summed E-state index contributed by atoms with van der Waals surface area (Å²) in [6.07, 6.45) is 0.555. The number of carboxylic acid groups (broad SMARTS) is 2. The van der Waals surface area contributed by atoms with Crippen LogP contribution in [0.3, 0.4) is 0 Å². The van der Waals surface area contributed by atoms with Crippen molar-refractivity contribution in [2.24, 2.45) is 0 Å². The molecular formula is C10H18MgO6. The standard InChI is InChI=1S/2C5H10O3.Mg/c2*1-2-3-4-8-5(6)7;/h2*2-4H2,1H3,(H,6,7);/q;;+2/p-2. The molecule has 0 rings (SSSR count). The molecule has 6 nitrogen and oxygen atoms in total. The predicted octanol–water partition coefficient (Wildman–Crippen LogP) is -0.0880. The van der Waals surface area contributed by atoms with E-state index in [0.717, 1.165) is 25.7 Å². The molecule has 0 aliphatic rings. The molecule has 0 saturated carbocycles. The van der Waals surface area contributed by atoms with Crippen LogP contribution in [-0.2, 0) is 9.47 Å². The molecule has 0 amide bonds. The largest absolute Gasteiger partial charge is 2.00 e. The maximum absolute atomic E-state index is 9.54. The molecule has 0 aliphatic heterocycles. The second-order valence-electron chi connectivity index (χ2n) is 2.90. The van der Waals surface area contributed by atoms with Crippen molar-refractivity contribution in [1.82, 2.24) is 0 Å². The van der Waals surface area contributed by atoms with Gasteiger partial charge in [-0.05, 0) is 12.8 Å². The Labute approximate surface area is 117 Å². The fourth-order valence-corrected chi connectivity index (χ4v) is 0.600. The van der Waals surface area contributed by atoms with Crippen LogP contribution in [0.5, 0.6) is 0 Å². The number of rotatable bonds is 6. The van der Waals surface area contributed by atoms with Gasteiger partial charge in [0, 0.05) is 13.2 Å². The smallest absolute Gasteiger partial charge is 0.550 e. The van der Waals surface area contributed by atoms with E-state index >= 15 is 0 Å². The molecule has 0 N–H and O–H groups in total. The summed E-state index contributed by atoms with van der Waals surface area (Å²) in [4.78, 5) is 19.1. The maximum atomic E-state index is 9.54. The molecule has 0 fully saturated rings. The molecule has 7 heteroatoms. The molecule has 0 aliphatic carbocycles. The van der Waals surface area contributed by atoms with E-state index in [9.17, 15) is 19.8 Å². The van der Waals surface area contributed by atoms with Gasteiger partial charge in [0.05, 0.1) is 0 Å². The predicted molar refractivity (Wildman–Crippen MR) is 58.3 cm³/mol. The second kappa shape index (κ2) is 17.7. The Kier molecular flexibility index (Phi) is 22.5. The van der Waals surface area contributed by atoms with E-state index in [1.165, 1.54) is 0 Å².